The van der Waals surface area contributed by atoms with Crippen molar-refractivity contribution in [3.05, 3.63) is 33.0 Å². The van der Waals surface area contributed by atoms with E-state index in [-0.39, 0.29) is 14.2 Å². The van der Waals surface area contributed by atoms with Crippen molar-refractivity contribution < 1.29 is 18.6 Å². The Bertz CT molecular complexity index is 918. The second-order valence-electron chi connectivity index (χ2n) is 10.6. The van der Waals surface area contributed by atoms with Gasteiger partial charge in [-0.3, -0.25) is 0 Å². The van der Waals surface area contributed by atoms with Crippen molar-refractivity contribution in [1.29, 1.82) is 0 Å². The Morgan fingerprint density at radius 3 is 1.23 bits per heavy atom. The summed E-state index contributed by atoms with van der Waals surface area (Å²) >= 11 is 3.68. The second kappa shape index (κ2) is 17.8. The van der Waals surface area contributed by atoms with Gasteiger partial charge in [-0.2, -0.15) is 0 Å². The van der Waals surface area contributed by atoms with Gasteiger partial charge in [0.1, 0.15) is 0 Å². The highest BCUT2D eigenvalue weighted by molar-refractivity contribution is 7.23. The minimum Gasteiger partial charge on any atom is -0.407 e. The number of thiophene rings is 2. The summed E-state index contributed by atoms with van der Waals surface area (Å²) in [6.45, 7) is 16.3. The van der Waals surface area contributed by atoms with Gasteiger partial charge < -0.3 is 18.6 Å². The molecule has 0 radical (unpaired) electrons. The van der Waals surface area contributed by atoms with Gasteiger partial charge in [0, 0.05) is 45.7 Å². The van der Waals surface area contributed by atoms with E-state index in [1.54, 1.807) is 0 Å². The lowest BCUT2D eigenvalue weighted by Crippen LogP contribution is -2.35. The van der Waals surface area contributed by atoms with E-state index in [2.05, 4.69) is 53.7 Å². The maximum absolute atomic E-state index is 6.23. The molecule has 0 saturated carbocycles. The van der Waals surface area contributed by atoms with Crippen molar-refractivity contribution in [2.45, 2.75) is 112 Å². The molecular weight excluding hydrogens is 522 g/mol. The van der Waals surface area contributed by atoms with Crippen LogP contribution in [0.5, 0.6) is 0 Å². The van der Waals surface area contributed by atoms with Crippen molar-refractivity contribution in [3.8, 4) is 0 Å². The van der Waals surface area contributed by atoms with Crippen LogP contribution in [0.4, 0.5) is 0 Å². The number of hydrogen-bond acceptors (Lipinski definition) is 6. The van der Waals surface area contributed by atoms with E-state index < -0.39 is 0 Å². The van der Waals surface area contributed by atoms with Gasteiger partial charge in [-0.25, -0.2) is 0 Å². The highest BCUT2D eigenvalue weighted by Gasteiger charge is 2.30. The standard InChI is InChI=1S/C31H50B2O4S2/c1-7-11-18-34-32(35-19-12-8-2)30-22-28(24(5)38-30)26-16-15-17-27(26)29-23-31(39-25(29)6)33(36-20-13-9-3)37-21-14-10-4/h22-23H,7-21H2,1-6H3. The van der Waals surface area contributed by atoms with E-state index in [1.165, 1.54) is 48.0 Å². The first-order valence-electron chi connectivity index (χ1n) is 15.4. The van der Waals surface area contributed by atoms with Crippen molar-refractivity contribution in [3.63, 3.8) is 0 Å². The van der Waals surface area contributed by atoms with Crippen LogP contribution >= 0.6 is 22.7 Å². The molecule has 2 aromatic heterocycles. The Balaban J connectivity index is 1.87. The predicted molar refractivity (Wildman–Crippen MR) is 173 cm³/mol. The lowest BCUT2D eigenvalue weighted by molar-refractivity contribution is 0.202. The smallest absolute Gasteiger partial charge is 0.407 e. The molecule has 4 nitrogen and oxygen atoms in total. The molecule has 0 saturated heterocycles. The molecule has 0 bridgehead atoms. The van der Waals surface area contributed by atoms with Crippen LogP contribution < -0.4 is 9.55 Å². The third kappa shape index (κ3) is 9.58. The Labute approximate surface area is 247 Å². The third-order valence-corrected chi connectivity index (χ3v) is 9.42. The van der Waals surface area contributed by atoms with Crippen LogP contribution in [0.1, 0.15) is 119 Å². The monoisotopic (exact) mass is 572 g/mol. The molecule has 0 aromatic carbocycles. The Morgan fingerprint density at radius 1 is 0.590 bits per heavy atom. The largest absolute Gasteiger partial charge is 0.504 e. The van der Waals surface area contributed by atoms with Crippen molar-refractivity contribution >= 4 is 57.6 Å². The average molecular weight is 572 g/mol. The molecule has 0 N–H and O–H groups in total. The summed E-state index contributed by atoms with van der Waals surface area (Å²) in [5, 5.41) is 0. The fraction of sp³-hybridized carbons (Fsp3) is 0.677. The van der Waals surface area contributed by atoms with Gasteiger partial charge in [-0.15, -0.1) is 22.7 Å². The molecule has 0 unspecified atom stereocenters. The van der Waals surface area contributed by atoms with Gasteiger partial charge in [0.25, 0.3) is 0 Å². The van der Waals surface area contributed by atoms with E-state index in [1.807, 2.05) is 22.7 Å². The quantitative estimate of drug-likeness (QED) is 0.119. The van der Waals surface area contributed by atoms with Crippen LogP contribution in [0, 0.1) is 13.8 Å². The summed E-state index contributed by atoms with van der Waals surface area (Å²) in [6.07, 6.45) is 12.2. The Hall–Kier alpha value is -0.890. The molecule has 1 aliphatic carbocycles. The van der Waals surface area contributed by atoms with Crippen LogP contribution in [-0.4, -0.2) is 40.7 Å². The van der Waals surface area contributed by atoms with E-state index in [9.17, 15) is 0 Å². The zero-order valence-corrected chi connectivity index (χ0v) is 27.0. The first-order valence-corrected chi connectivity index (χ1v) is 17.1. The van der Waals surface area contributed by atoms with Gasteiger partial charge in [-0.1, -0.05) is 53.4 Å². The minimum absolute atomic E-state index is 0.262. The number of allylic oxidation sites excluding steroid dienone is 2. The highest BCUT2D eigenvalue weighted by atomic mass is 32.1. The molecule has 0 spiro atoms. The molecular formula is C31H50B2O4S2. The summed E-state index contributed by atoms with van der Waals surface area (Å²) in [6, 6.07) is 4.71. The fourth-order valence-corrected chi connectivity index (χ4v) is 7.05. The van der Waals surface area contributed by atoms with Gasteiger partial charge in [0.15, 0.2) is 0 Å². The van der Waals surface area contributed by atoms with Crippen molar-refractivity contribution in [1.82, 2.24) is 0 Å². The normalized spacial score (nSPS) is 13.6. The number of unbranched alkanes of at least 4 members (excludes halogenated alkanes) is 4. The first-order chi connectivity index (χ1) is 19.0. The molecule has 0 amide bonds. The Kier molecular flexibility index (Phi) is 14.9. The summed E-state index contributed by atoms with van der Waals surface area (Å²) in [7, 11) is -0.524. The molecule has 0 aliphatic heterocycles. The zero-order chi connectivity index (χ0) is 28.0. The lowest BCUT2D eigenvalue weighted by Gasteiger charge is -2.13. The van der Waals surface area contributed by atoms with E-state index in [4.69, 9.17) is 18.6 Å². The molecule has 216 valence electrons. The maximum Gasteiger partial charge on any atom is 0.504 e. The minimum atomic E-state index is -0.262. The highest BCUT2D eigenvalue weighted by Crippen LogP contribution is 2.43. The predicted octanol–water partition coefficient (Wildman–Crippen LogP) is 8.18. The van der Waals surface area contributed by atoms with Crippen LogP contribution in [-0.2, 0) is 18.6 Å². The Morgan fingerprint density at radius 2 is 0.923 bits per heavy atom. The van der Waals surface area contributed by atoms with Gasteiger partial charge >= 0.3 is 14.2 Å². The summed E-state index contributed by atoms with van der Waals surface area (Å²) in [5.74, 6) is 0. The number of hydrogen-bond donors (Lipinski definition) is 0. The van der Waals surface area contributed by atoms with Crippen LogP contribution in [0.25, 0.3) is 11.1 Å². The molecule has 2 aromatic rings. The molecule has 0 atom stereocenters. The molecule has 8 heteroatoms. The summed E-state index contributed by atoms with van der Waals surface area (Å²) < 4.78 is 27.3. The number of rotatable bonds is 20. The van der Waals surface area contributed by atoms with Gasteiger partial charge in [-0.05, 0) is 93.2 Å². The van der Waals surface area contributed by atoms with Crippen molar-refractivity contribution in [2.24, 2.45) is 0 Å². The van der Waals surface area contributed by atoms with E-state index >= 15 is 0 Å². The average Bonchev–Trinajstić information content (AvgIpc) is 3.65. The topological polar surface area (TPSA) is 36.9 Å². The fourth-order valence-electron chi connectivity index (χ4n) is 4.94. The molecule has 1 aliphatic rings. The summed E-state index contributed by atoms with van der Waals surface area (Å²) in [4.78, 5) is 2.72. The molecule has 0 fully saturated rings. The zero-order valence-electron chi connectivity index (χ0n) is 25.4. The molecule has 39 heavy (non-hydrogen) atoms. The number of aryl methyl sites for hydroxylation is 2. The second-order valence-corrected chi connectivity index (χ2v) is 13.2. The van der Waals surface area contributed by atoms with Crippen LogP contribution in [0.2, 0.25) is 0 Å². The van der Waals surface area contributed by atoms with Crippen LogP contribution in [0.3, 0.4) is 0 Å². The third-order valence-electron chi connectivity index (χ3n) is 7.27. The van der Waals surface area contributed by atoms with Gasteiger partial charge in [0.05, 0.1) is 0 Å². The molecule has 2 heterocycles. The maximum atomic E-state index is 6.23. The van der Waals surface area contributed by atoms with E-state index in [0.29, 0.717) is 0 Å². The lowest BCUT2D eigenvalue weighted by atomic mass is 9.84. The summed E-state index contributed by atoms with van der Waals surface area (Å²) in [5.41, 5.74) is 5.76. The first kappa shape index (κ1) is 32.6. The van der Waals surface area contributed by atoms with Crippen molar-refractivity contribution in [2.75, 3.05) is 26.4 Å². The molecule has 3 rings (SSSR count). The SMILES string of the molecule is CCCCOB(OCCCC)c1cc(C2=C(c3cc(B(OCCCC)OCCCC)sc3C)CCC2)c(C)s1. The van der Waals surface area contributed by atoms with E-state index in [0.717, 1.165) is 90.6 Å². The van der Waals surface area contributed by atoms with Gasteiger partial charge in [0.2, 0.25) is 0 Å². The van der Waals surface area contributed by atoms with Crippen LogP contribution in [0.15, 0.2) is 12.1 Å².